The standard InChI is InChI=1S/C30H31ClF2N4O5/c1-30(2)14-23-24(12-18(31)16-34-23)37(29(30)41)20-5-8-36(9-6-20)28(40)27-22(33)11-17(15-35-27)21-13-19(32)3-4-25(21)42-10-7-26(38)39/h3-4,11-13,15,20,34H,5-10,14,16H2,1-2H3,(H,38,39). The summed E-state index contributed by atoms with van der Waals surface area (Å²) in [5.41, 5.74) is 1.15. The number of nitrogens with zero attached hydrogens (tertiary/aromatic N) is 3. The van der Waals surface area contributed by atoms with Gasteiger partial charge < -0.3 is 25.0 Å². The second-order valence-corrected chi connectivity index (χ2v) is 11.7. The zero-order valence-corrected chi connectivity index (χ0v) is 24.0. The number of benzene rings is 1. The van der Waals surface area contributed by atoms with Gasteiger partial charge in [-0.15, -0.1) is 0 Å². The van der Waals surface area contributed by atoms with Crippen molar-refractivity contribution in [3.63, 3.8) is 0 Å². The van der Waals surface area contributed by atoms with E-state index in [2.05, 4.69) is 10.3 Å². The third-order valence-corrected chi connectivity index (χ3v) is 7.98. The van der Waals surface area contributed by atoms with E-state index in [0.29, 0.717) is 43.9 Å². The highest BCUT2D eigenvalue weighted by Crippen LogP contribution is 2.40. The maximum absolute atomic E-state index is 15.3. The van der Waals surface area contributed by atoms with Crippen LogP contribution in [-0.2, 0) is 9.59 Å². The first-order valence-corrected chi connectivity index (χ1v) is 14.1. The van der Waals surface area contributed by atoms with Gasteiger partial charge in [0.25, 0.3) is 5.91 Å². The Morgan fingerprint density at radius 2 is 1.95 bits per heavy atom. The lowest BCUT2D eigenvalue weighted by molar-refractivity contribution is -0.142. The predicted molar refractivity (Wildman–Crippen MR) is 150 cm³/mol. The second-order valence-electron chi connectivity index (χ2n) is 11.3. The Bertz CT molecular complexity index is 1500. The minimum Gasteiger partial charge on any atom is -0.492 e. The lowest BCUT2D eigenvalue weighted by atomic mass is 9.80. The number of nitrogens with one attached hydrogen (secondary N) is 1. The molecule has 2 N–H and O–H groups in total. The van der Waals surface area contributed by atoms with Crippen LogP contribution in [0.2, 0.25) is 0 Å². The molecule has 42 heavy (non-hydrogen) atoms. The highest BCUT2D eigenvalue weighted by Gasteiger charge is 2.44. The molecule has 1 fully saturated rings. The number of aliphatic carboxylic acids is 1. The molecular formula is C30H31ClF2N4O5. The van der Waals surface area contributed by atoms with Crippen LogP contribution in [0.1, 0.15) is 50.0 Å². The van der Waals surface area contributed by atoms with Gasteiger partial charge in [0.1, 0.15) is 11.6 Å². The summed E-state index contributed by atoms with van der Waals surface area (Å²) in [6.45, 7) is 4.79. The number of rotatable bonds is 7. The largest absolute Gasteiger partial charge is 0.492 e. The molecule has 0 radical (unpaired) electrons. The molecule has 2 amide bonds. The maximum Gasteiger partial charge on any atom is 0.306 e. The number of carboxylic acid groups (broad SMARTS) is 1. The van der Waals surface area contributed by atoms with Crippen molar-refractivity contribution in [3.8, 4) is 16.9 Å². The summed E-state index contributed by atoms with van der Waals surface area (Å²) in [4.78, 5) is 44.9. The highest BCUT2D eigenvalue weighted by atomic mass is 35.5. The van der Waals surface area contributed by atoms with E-state index in [1.807, 2.05) is 19.9 Å². The van der Waals surface area contributed by atoms with Gasteiger partial charge in [-0.3, -0.25) is 14.4 Å². The van der Waals surface area contributed by atoms with Crippen molar-refractivity contribution in [3.05, 3.63) is 70.3 Å². The van der Waals surface area contributed by atoms with Crippen molar-refractivity contribution < 1.29 is 33.0 Å². The van der Waals surface area contributed by atoms with Crippen molar-refractivity contribution in [2.75, 3.05) is 26.2 Å². The molecule has 1 saturated heterocycles. The van der Waals surface area contributed by atoms with Crippen LogP contribution in [0.15, 0.2) is 53.0 Å². The number of allylic oxidation sites excluding steroid dienone is 2. The average molecular weight is 601 g/mol. The van der Waals surface area contributed by atoms with Crippen LogP contribution in [0.4, 0.5) is 8.78 Å². The van der Waals surface area contributed by atoms with Crippen LogP contribution in [0.25, 0.3) is 11.1 Å². The zero-order chi connectivity index (χ0) is 30.2. The van der Waals surface area contributed by atoms with Crippen LogP contribution >= 0.6 is 11.6 Å². The van der Waals surface area contributed by atoms with E-state index in [1.165, 1.54) is 17.2 Å². The van der Waals surface area contributed by atoms with Crippen LogP contribution < -0.4 is 10.1 Å². The van der Waals surface area contributed by atoms with Crippen LogP contribution in [-0.4, -0.2) is 70.0 Å². The number of likely N-dealkylation sites (tertiary alicyclic amines) is 1. The van der Waals surface area contributed by atoms with Crippen molar-refractivity contribution in [2.24, 2.45) is 5.41 Å². The summed E-state index contributed by atoms with van der Waals surface area (Å²) >= 11 is 6.29. The topological polar surface area (TPSA) is 112 Å². The lowest BCUT2D eigenvalue weighted by Gasteiger charge is -2.46. The molecular weight excluding hydrogens is 570 g/mol. The van der Waals surface area contributed by atoms with Crippen LogP contribution in [0.3, 0.4) is 0 Å². The molecule has 2 aromatic rings. The highest BCUT2D eigenvalue weighted by molar-refractivity contribution is 6.30. The van der Waals surface area contributed by atoms with Crippen LogP contribution in [0.5, 0.6) is 5.75 Å². The Balaban J connectivity index is 1.30. The number of hydrogen-bond donors (Lipinski definition) is 2. The third kappa shape index (κ3) is 5.97. The van der Waals surface area contributed by atoms with Gasteiger partial charge in [-0.05, 0) is 43.2 Å². The van der Waals surface area contributed by atoms with Gasteiger partial charge >= 0.3 is 5.97 Å². The SMILES string of the molecule is CC1(C)CC2=C(C=C(Cl)CN2)N(C2CCN(C(=O)c3ncc(-c4cc(F)ccc4OCCC(=O)O)cc3F)CC2)C1=O. The summed E-state index contributed by atoms with van der Waals surface area (Å²) < 4.78 is 34.7. The fraction of sp³-hybridized carbons (Fsp3) is 0.400. The molecule has 12 heteroatoms. The summed E-state index contributed by atoms with van der Waals surface area (Å²) in [6, 6.07) is 4.54. The smallest absolute Gasteiger partial charge is 0.306 e. The fourth-order valence-corrected chi connectivity index (χ4v) is 5.74. The molecule has 0 unspecified atom stereocenters. The number of pyridine rings is 1. The molecule has 0 bridgehead atoms. The van der Waals surface area contributed by atoms with Crippen molar-refractivity contribution in [2.45, 2.75) is 45.6 Å². The van der Waals surface area contributed by atoms with E-state index >= 15 is 4.39 Å². The summed E-state index contributed by atoms with van der Waals surface area (Å²) in [5, 5.41) is 12.8. The molecule has 0 saturated carbocycles. The number of amides is 2. The number of dihydropyridines is 1. The number of carboxylic acids is 1. The number of piperidine rings is 1. The Morgan fingerprint density at radius 3 is 2.64 bits per heavy atom. The Kier molecular flexibility index (Phi) is 8.23. The first-order chi connectivity index (χ1) is 19.9. The Morgan fingerprint density at radius 1 is 1.21 bits per heavy atom. The van der Waals surface area contributed by atoms with Gasteiger partial charge in [-0.25, -0.2) is 13.8 Å². The molecule has 1 aromatic heterocycles. The zero-order valence-electron chi connectivity index (χ0n) is 23.3. The normalized spacial score (nSPS) is 18.8. The minimum absolute atomic E-state index is 0.00222. The molecule has 222 valence electrons. The number of carbonyl (C=O) groups excluding carboxylic acids is 2. The molecule has 0 aliphatic carbocycles. The van der Waals surface area contributed by atoms with Gasteiger partial charge in [-0.1, -0.05) is 25.4 Å². The molecule has 5 rings (SSSR count). The number of halogens is 3. The minimum atomic E-state index is -1.06. The monoisotopic (exact) mass is 600 g/mol. The van der Waals surface area contributed by atoms with E-state index in [0.717, 1.165) is 29.6 Å². The molecule has 3 aliphatic heterocycles. The number of ether oxygens (including phenoxy) is 1. The number of hydrogen-bond acceptors (Lipinski definition) is 6. The van der Waals surface area contributed by atoms with E-state index in [9.17, 15) is 18.8 Å². The van der Waals surface area contributed by atoms with E-state index < -0.39 is 28.9 Å². The number of carbonyl (C=O) groups is 3. The van der Waals surface area contributed by atoms with Gasteiger partial charge in [0.15, 0.2) is 11.5 Å². The van der Waals surface area contributed by atoms with Gasteiger partial charge in [0.05, 0.1) is 25.3 Å². The molecule has 0 spiro atoms. The summed E-state index contributed by atoms with van der Waals surface area (Å²) in [5.74, 6) is -2.95. The Hall–Kier alpha value is -3.99. The fourth-order valence-electron chi connectivity index (χ4n) is 5.57. The molecule has 1 aromatic carbocycles. The molecule has 3 aliphatic rings. The van der Waals surface area contributed by atoms with Gasteiger partial charge in [-0.2, -0.15) is 0 Å². The van der Waals surface area contributed by atoms with E-state index in [-0.39, 0.29) is 47.5 Å². The predicted octanol–water partition coefficient (Wildman–Crippen LogP) is 4.68. The summed E-state index contributed by atoms with van der Waals surface area (Å²) in [7, 11) is 0. The van der Waals surface area contributed by atoms with Crippen molar-refractivity contribution in [1.82, 2.24) is 20.1 Å². The van der Waals surface area contributed by atoms with E-state index in [1.54, 1.807) is 4.90 Å². The van der Waals surface area contributed by atoms with Crippen molar-refractivity contribution >= 4 is 29.4 Å². The Labute approximate surface area is 246 Å². The van der Waals surface area contributed by atoms with Gasteiger partial charge in [0, 0.05) is 59.0 Å². The second kappa shape index (κ2) is 11.7. The first-order valence-electron chi connectivity index (χ1n) is 13.7. The first kappa shape index (κ1) is 29.5. The molecule has 4 heterocycles. The van der Waals surface area contributed by atoms with E-state index in [4.69, 9.17) is 21.4 Å². The lowest BCUT2D eigenvalue weighted by Crippen LogP contribution is -2.55. The van der Waals surface area contributed by atoms with Crippen LogP contribution in [0, 0.1) is 17.0 Å². The van der Waals surface area contributed by atoms with Gasteiger partial charge in [0.2, 0.25) is 5.91 Å². The molecule has 0 atom stereocenters. The third-order valence-electron chi connectivity index (χ3n) is 7.74. The van der Waals surface area contributed by atoms with Crippen molar-refractivity contribution in [1.29, 1.82) is 0 Å². The molecule has 9 nitrogen and oxygen atoms in total. The quantitative estimate of drug-likeness (QED) is 0.475. The average Bonchev–Trinajstić information content (AvgIpc) is 2.94. The maximum atomic E-state index is 15.3. The summed E-state index contributed by atoms with van der Waals surface area (Å²) in [6.07, 6.45) is 4.40. The number of aromatic nitrogens is 1.